The molecule has 0 amide bonds. The van der Waals surface area contributed by atoms with Gasteiger partial charge >= 0.3 is 6.61 Å². The summed E-state index contributed by atoms with van der Waals surface area (Å²) >= 11 is 0. The quantitative estimate of drug-likeness (QED) is 0.473. The molecule has 1 saturated carbocycles. The largest absolute Gasteiger partial charge is 0.434 e. The molecular weight excluding hydrogens is 379 g/mol. The lowest BCUT2D eigenvalue weighted by atomic mass is 10.2. The first-order valence-electron chi connectivity index (χ1n) is 6.13. The summed E-state index contributed by atoms with van der Waals surface area (Å²) in [7, 11) is 1.89. The SMILES string of the molecule is CN(C(N)=NCc1ccccc1OC(F)F)C1CC1.I. The van der Waals surface area contributed by atoms with Crippen molar-refractivity contribution in [2.75, 3.05) is 7.05 Å². The van der Waals surface area contributed by atoms with Gasteiger partial charge in [0.2, 0.25) is 0 Å². The lowest BCUT2D eigenvalue weighted by Crippen LogP contribution is -2.35. The Morgan fingerprint density at radius 3 is 2.70 bits per heavy atom. The van der Waals surface area contributed by atoms with E-state index in [-0.39, 0.29) is 36.3 Å². The second-order valence-electron chi connectivity index (χ2n) is 4.50. The molecule has 112 valence electrons. The number of halogens is 3. The molecule has 2 rings (SSSR count). The topological polar surface area (TPSA) is 50.8 Å². The molecule has 1 aliphatic rings. The molecule has 1 aromatic carbocycles. The number of hydrogen-bond donors (Lipinski definition) is 1. The summed E-state index contributed by atoms with van der Waals surface area (Å²) in [6, 6.07) is 7.06. The monoisotopic (exact) mass is 397 g/mol. The van der Waals surface area contributed by atoms with Crippen molar-refractivity contribution in [2.24, 2.45) is 10.7 Å². The molecule has 1 fully saturated rings. The van der Waals surface area contributed by atoms with Crippen LogP contribution in [0.5, 0.6) is 5.75 Å². The third-order valence-electron chi connectivity index (χ3n) is 3.06. The summed E-state index contributed by atoms with van der Waals surface area (Å²) in [6.07, 6.45) is 2.25. The number of nitrogens with two attached hydrogens (primary N) is 1. The Bertz CT molecular complexity index is 467. The second-order valence-corrected chi connectivity index (χ2v) is 4.50. The van der Waals surface area contributed by atoms with Gasteiger partial charge in [0.05, 0.1) is 6.54 Å². The Labute approximate surface area is 134 Å². The van der Waals surface area contributed by atoms with Gasteiger partial charge in [-0.15, -0.1) is 24.0 Å². The zero-order valence-corrected chi connectivity index (χ0v) is 13.5. The standard InChI is InChI=1S/C13H17F2N3O.HI/c1-18(10-6-7-10)13(16)17-8-9-4-2-3-5-11(9)19-12(14)15;/h2-5,10,12H,6-8H2,1H3,(H2,16,17);1H. The molecule has 0 aliphatic heterocycles. The van der Waals surface area contributed by atoms with Crippen molar-refractivity contribution < 1.29 is 13.5 Å². The zero-order valence-electron chi connectivity index (χ0n) is 11.1. The van der Waals surface area contributed by atoms with Gasteiger partial charge in [-0.25, -0.2) is 4.99 Å². The minimum Gasteiger partial charge on any atom is -0.434 e. The van der Waals surface area contributed by atoms with E-state index in [4.69, 9.17) is 5.73 Å². The normalized spacial score (nSPS) is 14.9. The molecule has 7 heteroatoms. The Morgan fingerprint density at radius 2 is 2.10 bits per heavy atom. The molecule has 0 spiro atoms. The maximum absolute atomic E-state index is 12.3. The average Bonchev–Trinajstić information content (AvgIpc) is 3.20. The van der Waals surface area contributed by atoms with Crippen molar-refractivity contribution in [3.05, 3.63) is 29.8 Å². The van der Waals surface area contributed by atoms with Crippen LogP contribution < -0.4 is 10.5 Å². The van der Waals surface area contributed by atoms with Crippen LogP contribution in [0.25, 0.3) is 0 Å². The van der Waals surface area contributed by atoms with Gasteiger partial charge in [-0.2, -0.15) is 8.78 Å². The summed E-state index contributed by atoms with van der Waals surface area (Å²) in [6.45, 7) is -2.61. The summed E-state index contributed by atoms with van der Waals surface area (Å²) in [5, 5.41) is 0. The minimum atomic E-state index is -2.84. The Morgan fingerprint density at radius 1 is 1.45 bits per heavy atom. The van der Waals surface area contributed by atoms with E-state index in [1.165, 1.54) is 6.07 Å². The molecule has 1 aliphatic carbocycles. The van der Waals surface area contributed by atoms with Gasteiger partial charge in [-0.3, -0.25) is 0 Å². The maximum Gasteiger partial charge on any atom is 0.387 e. The molecule has 2 N–H and O–H groups in total. The Kier molecular flexibility index (Phi) is 6.44. The van der Waals surface area contributed by atoms with Crippen molar-refractivity contribution in [2.45, 2.75) is 32.0 Å². The van der Waals surface area contributed by atoms with Crippen LogP contribution in [0.1, 0.15) is 18.4 Å². The number of rotatable bonds is 5. The van der Waals surface area contributed by atoms with E-state index >= 15 is 0 Å². The van der Waals surface area contributed by atoms with Crippen molar-refractivity contribution in [3.8, 4) is 5.75 Å². The van der Waals surface area contributed by atoms with Crippen LogP contribution in [0.3, 0.4) is 0 Å². The minimum absolute atomic E-state index is 0. The van der Waals surface area contributed by atoms with Crippen molar-refractivity contribution in [1.29, 1.82) is 0 Å². The fourth-order valence-corrected chi connectivity index (χ4v) is 1.77. The van der Waals surface area contributed by atoms with E-state index in [0.717, 1.165) is 12.8 Å². The molecule has 0 saturated heterocycles. The van der Waals surface area contributed by atoms with Crippen molar-refractivity contribution in [3.63, 3.8) is 0 Å². The molecule has 20 heavy (non-hydrogen) atoms. The first kappa shape index (κ1) is 16.9. The first-order chi connectivity index (χ1) is 9.08. The first-order valence-corrected chi connectivity index (χ1v) is 6.13. The van der Waals surface area contributed by atoms with Crippen LogP contribution in [0.2, 0.25) is 0 Å². The highest BCUT2D eigenvalue weighted by Gasteiger charge is 2.27. The number of alkyl halides is 2. The number of para-hydroxylation sites is 1. The number of nitrogens with zero attached hydrogens (tertiary/aromatic N) is 2. The molecule has 0 aromatic heterocycles. The zero-order chi connectivity index (χ0) is 13.8. The summed E-state index contributed by atoms with van der Waals surface area (Å²) in [5.74, 6) is 0.567. The van der Waals surface area contributed by atoms with Gasteiger partial charge in [0.15, 0.2) is 5.96 Å². The Hall–Kier alpha value is -1.12. The van der Waals surface area contributed by atoms with Gasteiger partial charge in [-0.1, -0.05) is 18.2 Å². The highest BCUT2D eigenvalue weighted by molar-refractivity contribution is 14.0. The van der Waals surface area contributed by atoms with Crippen molar-refractivity contribution >= 4 is 29.9 Å². The number of aliphatic imine (C=N–C) groups is 1. The third kappa shape index (κ3) is 4.77. The van der Waals surface area contributed by atoms with E-state index in [2.05, 4.69) is 9.73 Å². The van der Waals surface area contributed by atoms with Gasteiger partial charge in [0.25, 0.3) is 0 Å². The molecule has 0 unspecified atom stereocenters. The lowest BCUT2D eigenvalue weighted by molar-refractivity contribution is -0.0504. The molecule has 0 heterocycles. The van der Waals surface area contributed by atoms with Crippen LogP contribution >= 0.6 is 24.0 Å². The van der Waals surface area contributed by atoms with E-state index < -0.39 is 6.61 Å². The van der Waals surface area contributed by atoms with Gasteiger partial charge < -0.3 is 15.4 Å². The van der Waals surface area contributed by atoms with E-state index in [9.17, 15) is 8.78 Å². The lowest BCUT2D eigenvalue weighted by Gasteiger charge is -2.17. The predicted molar refractivity (Wildman–Crippen MR) is 84.6 cm³/mol. The smallest absolute Gasteiger partial charge is 0.387 e. The van der Waals surface area contributed by atoms with Crippen LogP contribution in [-0.2, 0) is 6.54 Å². The highest BCUT2D eigenvalue weighted by Crippen LogP contribution is 2.25. The molecule has 0 bridgehead atoms. The molecule has 0 atom stereocenters. The molecule has 0 radical (unpaired) electrons. The molecular formula is C13H18F2IN3O. The van der Waals surface area contributed by atoms with Crippen LogP contribution in [0.4, 0.5) is 8.78 Å². The van der Waals surface area contributed by atoms with Gasteiger partial charge in [0, 0.05) is 18.7 Å². The number of hydrogen-bond acceptors (Lipinski definition) is 2. The average molecular weight is 397 g/mol. The number of ether oxygens (including phenoxy) is 1. The van der Waals surface area contributed by atoms with E-state index in [1.807, 2.05) is 11.9 Å². The summed E-state index contributed by atoms with van der Waals surface area (Å²) < 4.78 is 28.9. The second kappa shape index (κ2) is 7.61. The molecule has 4 nitrogen and oxygen atoms in total. The van der Waals surface area contributed by atoms with Crippen LogP contribution in [0.15, 0.2) is 29.3 Å². The number of benzene rings is 1. The van der Waals surface area contributed by atoms with Crippen LogP contribution in [0, 0.1) is 0 Å². The fourth-order valence-electron chi connectivity index (χ4n) is 1.77. The Balaban J connectivity index is 0.00000200. The summed E-state index contributed by atoms with van der Waals surface area (Å²) in [4.78, 5) is 6.13. The predicted octanol–water partition coefficient (Wildman–Crippen LogP) is 2.81. The van der Waals surface area contributed by atoms with Crippen LogP contribution in [-0.4, -0.2) is 30.6 Å². The summed E-state index contributed by atoms with van der Waals surface area (Å²) in [5.41, 5.74) is 6.44. The van der Waals surface area contributed by atoms with Crippen molar-refractivity contribution in [1.82, 2.24) is 4.90 Å². The number of guanidine groups is 1. The molecule has 1 aromatic rings. The fraction of sp³-hybridized carbons (Fsp3) is 0.462. The van der Waals surface area contributed by atoms with Gasteiger partial charge in [0.1, 0.15) is 5.75 Å². The van der Waals surface area contributed by atoms with E-state index in [0.29, 0.717) is 17.6 Å². The van der Waals surface area contributed by atoms with E-state index in [1.54, 1.807) is 18.2 Å². The maximum atomic E-state index is 12.3. The third-order valence-corrected chi connectivity index (χ3v) is 3.06. The van der Waals surface area contributed by atoms with Gasteiger partial charge in [-0.05, 0) is 18.9 Å². The highest BCUT2D eigenvalue weighted by atomic mass is 127.